The zero-order valence-electron chi connectivity index (χ0n) is 13.8. The number of carbonyl (C=O) groups excluding carboxylic acids is 2. The van der Waals surface area contributed by atoms with Crippen LogP contribution in [0, 0.1) is 11.3 Å². The average molecular weight is 427 g/mol. The van der Waals surface area contributed by atoms with E-state index in [0.29, 0.717) is 5.69 Å². The number of nitrogens with one attached hydrogen (secondary N) is 1. The molecule has 0 saturated heterocycles. The molecule has 0 atom stereocenters. The lowest BCUT2D eigenvalue weighted by Crippen LogP contribution is -2.21. The Morgan fingerprint density at radius 1 is 1.15 bits per heavy atom. The van der Waals surface area contributed by atoms with Gasteiger partial charge < -0.3 is 10.1 Å². The Balaban J connectivity index is 2.02. The summed E-state index contributed by atoms with van der Waals surface area (Å²) in [6.07, 6.45) is 0.958. The fourth-order valence-corrected chi connectivity index (χ4v) is 3.53. The standard InChI is InChI=1S/C17H12Cl2N2O5S/c1-27(24,25)15-6-10(3-5-13(15)18)17(23)26-9-16(22)21-12-4-2-11(8-20)14(19)7-12/h2-7H,9H2,1H3,(H,21,22). The molecule has 0 aliphatic rings. The van der Waals surface area contributed by atoms with Crippen LogP contribution in [-0.4, -0.2) is 33.2 Å². The number of rotatable bonds is 5. The largest absolute Gasteiger partial charge is 0.452 e. The van der Waals surface area contributed by atoms with E-state index in [4.69, 9.17) is 33.2 Å². The number of hydrogen-bond acceptors (Lipinski definition) is 6. The topological polar surface area (TPSA) is 113 Å². The number of amides is 1. The van der Waals surface area contributed by atoms with E-state index in [1.807, 2.05) is 6.07 Å². The Kier molecular flexibility index (Phi) is 6.44. The summed E-state index contributed by atoms with van der Waals surface area (Å²) >= 11 is 11.7. The molecule has 7 nitrogen and oxygen atoms in total. The molecule has 2 rings (SSSR count). The molecule has 2 aromatic rings. The van der Waals surface area contributed by atoms with E-state index in [1.165, 1.54) is 30.3 Å². The summed E-state index contributed by atoms with van der Waals surface area (Å²) in [5.74, 6) is -1.52. The molecule has 27 heavy (non-hydrogen) atoms. The summed E-state index contributed by atoms with van der Waals surface area (Å²) in [5, 5.41) is 11.4. The Bertz CT molecular complexity index is 1060. The molecule has 0 fully saturated rings. The van der Waals surface area contributed by atoms with Gasteiger partial charge in [-0.25, -0.2) is 13.2 Å². The monoisotopic (exact) mass is 426 g/mol. The van der Waals surface area contributed by atoms with E-state index in [-0.39, 0.29) is 26.1 Å². The zero-order valence-corrected chi connectivity index (χ0v) is 16.2. The minimum atomic E-state index is -3.63. The average Bonchev–Trinajstić information content (AvgIpc) is 2.59. The third-order valence-electron chi connectivity index (χ3n) is 3.27. The Morgan fingerprint density at radius 2 is 1.85 bits per heavy atom. The van der Waals surface area contributed by atoms with Gasteiger partial charge in [0, 0.05) is 11.9 Å². The Morgan fingerprint density at radius 3 is 2.44 bits per heavy atom. The number of hydrogen-bond donors (Lipinski definition) is 1. The lowest BCUT2D eigenvalue weighted by atomic mass is 10.2. The highest BCUT2D eigenvalue weighted by molar-refractivity contribution is 7.90. The van der Waals surface area contributed by atoms with Crippen molar-refractivity contribution in [2.24, 2.45) is 0 Å². The molecule has 0 aliphatic heterocycles. The smallest absolute Gasteiger partial charge is 0.338 e. The predicted octanol–water partition coefficient (Wildman–Crippen LogP) is 3.06. The Labute approximate surface area is 165 Å². The van der Waals surface area contributed by atoms with Gasteiger partial charge >= 0.3 is 5.97 Å². The van der Waals surface area contributed by atoms with Gasteiger partial charge in [0.25, 0.3) is 5.91 Å². The predicted molar refractivity (Wildman–Crippen MR) is 99.6 cm³/mol. The van der Waals surface area contributed by atoms with Crippen molar-refractivity contribution in [3.63, 3.8) is 0 Å². The summed E-state index contributed by atoms with van der Waals surface area (Å²) in [5.41, 5.74) is 0.519. The summed E-state index contributed by atoms with van der Waals surface area (Å²) < 4.78 is 28.1. The quantitative estimate of drug-likeness (QED) is 0.734. The highest BCUT2D eigenvalue weighted by atomic mass is 35.5. The molecule has 0 aliphatic carbocycles. The van der Waals surface area contributed by atoms with E-state index >= 15 is 0 Å². The fraction of sp³-hybridized carbons (Fsp3) is 0.118. The molecule has 0 unspecified atom stereocenters. The number of ether oxygens (including phenoxy) is 1. The molecule has 0 radical (unpaired) electrons. The number of halogens is 2. The van der Waals surface area contributed by atoms with Gasteiger partial charge in [0.15, 0.2) is 16.4 Å². The van der Waals surface area contributed by atoms with Crippen LogP contribution in [0.5, 0.6) is 0 Å². The molecule has 0 heterocycles. The second-order valence-electron chi connectivity index (χ2n) is 5.35. The minimum Gasteiger partial charge on any atom is -0.452 e. The first-order valence-corrected chi connectivity index (χ1v) is 9.93. The van der Waals surface area contributed by atoms with Gasteiger partial charge in [-0.1, -0.05) is 23.2 Å². The number of nitriles is 1. The highest BCUT2D eigenvalue weighted by Crippen LogP contribution is 2.23. The van der Waals surface area contributed by atoms with Crippen molar-refractivity contribution in [1.29, 1.82) is 5.26 Å². The lowest BCUT2D eigenvalue weighted by Gasteiger charge is -2.08. The maximum absolute atomic E-state index is 12.0. The molecule has 0 saturated carbocycles. The van der Waals surface area contributed by atoms with Crippen molar-refractivity contribution in [1.82, 2.24) is 0 Å². The molecule has 0 spiro atoms. The van der Waals surface area contributed by atoms with Crippen LogP contribution in [0.15, 0.2) is 41.3 Å². The van der Waals surface area contributed by atoms with Crippen molar-refractivity contribution in [3.05, 3.63) is 57.6 Å². The van der Waals surface area contributed by atoms with E-state index in [9.17, 15) is 18.0 Å². The lowest BCUT2D eigenvalue weighted by molar-refractivity contribution is -0.119. The molecular formula is C17H12Cl2N2O5S. The second-order valence-corrected chi connectivity index (χ2v) is 8.15. The summed E-state index contributed by atoms with van der Waals surface area (Å²) in [4.78, 5) is 23.7. The number of anilines is 1. The van der Waals surface area contributed by atoms with Gasteiger partial charge in [-0.2, -0.15) is 5.26 Å². The van der Waals surface area contributed by atoms with Crippen LogP contribution in [0.1, 0.15) is 15.9 Å². The van der Waals surface area contributed by atoms with Crippen molar-refractivity contribution < 1.29 is 22.7 Å². The summed E-state index contributed by atoms with van der Waals surface area (Å²) in [6.45, 7) is -0.604. The van der Waals surface area contributed by atoms with Crippen molar-refractivity contribution in [3.8, 4) is 6.07 Å². The van der Waals surface area contributed by atoms with Crippen LogP contribution >= 0.6 is 23.2 Å². The second kappa shape index (κ2) is 8.39. The molecular weight excluding hydrogens is 415 g/mol. The zero-order chi connectivity index (χ0) is 20.2. The van der Waals surface area contributed by atoms with E-state index in [2.05, 4.69) is 5.32 Å². The van der Waals surface area contributed by atoms with Crippen LogP contribution < -0.4 is 5.32 Å². The minimum absolute atomic E-state index is 0.0236. The molecule has 2 aromatic carbocycles. The molecule has 1 amide bonds. The fourth-order valence-electron chi connectivity index (χ4n) is 2.01. The third-order valence-corrected chi connectivity index (χ3v) is 5.17. The van der Waals surface area contributed by atoms with Crippen LogP contribution in [0.25, 0.3) is 0 Å². The Hall–Kier alpha value is -2.60. The van der Waals surface area contributed by atoms with Crippen molar-refractivity contribution in [2.75, 3.05) is 18.2 Å². The summed E-state index contributed by atoms with van der Waals surface area (Å²) in [7, 11) is -3.63. The molecule has 140 valence electrons. The number of esters is 1. The third kappa shape index (κ3) is 5.44. The van der Waals surface area contributed by atoms with Crippen LogP contribution in [0.2, 0.25) is 10.0 Å². The van der Waals surface area contributed by atoms with Crippen LogP contribution in [0.3, 0.4) is 0 Å². The van der Waals surface area contributed by atoms with Crippen LogP contribution in [0.4, 0.5) is 5.69 Å². The molecule has 0 bridgehead atoms. The van der Waals surface area contributed by atoms with Crippen molar-refractivity contribution >= 4 is 50.6 Å². The SMILES string of the molecule is CS(=O)(=O)c1cc(C(=O)OCC(=O)Nc2ccc(C#N)c(Cl)c2)ccc1Cl. The number of sulfone groups is 1. The van der Waals surface area contributed by atoms with Gasteiger partial charge in [-0.15, -0.1) is 0 Å². The van der Waals surface area contributed by atoms with Gasteiger partial charge in [0.2, 0.25) is 0 Å². The number of carbonyl (C=O) groups is 2. The van der Waals surface area contributed by atoms with Gasteiger partial charge in [-0.3, -0.25) is 4.79 Å². The van der Waals surface area contributed by atoms with E-state index in [0.717, 1.165) is 12.3 Å². The number of benzene rings is 2. The molecule has 10 heteroatoms. The first kappa shape index (κ1) is 20.7. The van der Waals surface area contributed by atoms with Gasteiger partial charge in [0.1, 0.15) is 6.07 Å². The van der Waals surface area contributed by atoms with Gasteiger partial charge in [-0.05, 0) is 36.4 Å². The first-order chi connectivity index (χ1) is 12.6. The summed E-state index contributed by atoms with van der Waals surface area (Å²) in [6, 6.07) is 9.81. The number of nitrogens with zero attached hydrogens (tertiary/aromatic N) is 1. The molecule has 0 aromatic heterocycles. The first-order valence-electron chi connectivity index (χ1n) is 7.28. The van der Waals surface area contributed by atoms with Gasteiger partial charge in [0.05, 0.1) is 26.1 Å². The van der Waals surface area contributed by atoms with Crippen molar-refractivity contribution in [2.45, 2.75) is 4.90 Å². The van der Waals surface area contributed by atoms with E-state index < -0.39 is 28.3 Å². The molecule has 1 N–H and O–H groups in total. The maximum Gasteiger partial charge on any atom is 0.338 e. The van der Waals surface area contributed by atoms with Crippen LogP contribution in [-0.2, 0) is 19.4 Å². The normalized spacial score (nSPS) is 10.7. The maximum atomic E-state index is 12.0. The highest BCUT2D eigenvalue weighted by Gasteiger charge is 2.17. The van der Waals surface area contributed by atoms with E-state index in [1.54, 1.807) is 0 Å².